The number of aromatic nitrogens is 2. The Kier molecular flexibility index (Phi) is 3.01. The van der Waals surface area contributed by atoms with E-state index in [1.165, 1.54) is 12.1 Å². The van der Waals surface area contributed by atoms with E-state index in [2.05, 4.69) is 0 Å². The van der Waals surface area contributed by atoms with Gasteiger partial charge in [0.1, 0.15) is 11.6 Å². The van der Waals surface area contributed by atoms with Gasteiger partial charge < -0.3 is 9.13 Å². The molecule has 4 heteroatoms. The number of hydrogen-bond acceptors (Lipinski definition) is 0. The van der Waals surface area contributed by atoms with Gasteiger partial charge in [0.15, 0.2) is 0 Å². The van der Waals surface area contributed by atoms with Gasteiger partial charge in [-0.1, -0.05) is 0 Å². The van der Waals surface area contributed by atoms with Crippen LogP contribution in [0.4, 0.5) is 8.78 Å². The molecule has 4 rings (SSSR count). The molecule has 0 aliphatic carbocycles. The highest BCUT2D eigenvalue weighted by Crippen LogP contribution is 2.28. The molecule has 0 amide bonds. The van der Waals surface area contributed by atoms with E-state index in [0.29, 0.717) is 6.42 Å². The first-order valence-corrected chi connectivity index (χ1v) is 7.50. The van der Waals surface area contributed by atoms with E-state index < -0.39 is 0 Å². The fourth-order valence-corrected chi connectivity index (χ4v) is 3.38. The van der Waals surface area contributed by atoms with Crippen molar-refractivity contribution >= 4 is 21.8 Å². The number of fused-ring (bicyclic) bond motifs is 2. The van der Waals surface area contributed by atoms with E-state index in [-0.39, 0.29) is 11.6 Å². The summed E-state index contributed by atoms with van der Waals surface area (Å²) in [5.74, 6) is -0.483. The van der Waals surface area contributed by atoms with Crippen molar-refractivity contribution in [2.45, 2.75) is 6.42 Å². The minimum Gasteiger partial charge on any atom is -0.350 e. The standard InChI is InChI=1S/C19H16F2N2/c1-22-10-12(16-8-14(20)3-5-18(16)22)7-13-11-23(2)19-6-4-15(21)9-17(13)19/h3-6,8-11H,7H2,1-2H3. The van der Waals surface area contributed by atoms with Crippen LogP contribution in [0.5, 0.6) is 0 Å². The van der Waals surface area contributed by atoms with Crippen molar-refractivity contribution in [2.75, 3.05) is 0 Å². The number of halogens is 2. The van der Waals surface area contributed by atoms with Crippen LogP contribution in [0.15, 0.2) is 48.8 Å². The van der Waals surface area contributed by atoms with Gasteiger partial charge in [-0.2, -0.15) is 0 Å². The molecule has 0 spiro atoms. The van der Waals surface area contributed by atoms with Gasteiger partial charge in [-0.25, -0.2) is 8.78 Å². The lowest BCUT2D eigenvalue weighted by Crippen LogP contribution is -1.86. The predicted molar refractivity (Wildman–Crippen MR) is 88.6 cm³/mol. The first-order valence-electron chi connectivity index (χ1n) is 7.50. The molecule has 4 aromatic rings. The summed E-state index contributed by atoms with van der Waals surface area (Å²) in [4.78, 5) is 0. The van der Waals surface area contributed by atoms with Gasteiger partial charge in [-0.3, -0.25) is 0 Å². The zero-order valence-electron chi connectivity index (χ0n) is 13.0. The smallest absolute Gasteiger partial charge is 0.123 e. The van der Waals surface area contributed by atoms with Crippen molar-refractivity contribution in [3.05, 3.63) is 71.6 Å². The van der Waals surface area contributed by atoms with Gasteiger partial charge in [0.05, 0.1) is 0 Å². The summed E-state index contributed by atoms with van der Waals surface area (Å²) < 4.78 is 31.2. The van der Waals surface area contributed by atoms with E-state index in [0.717, 1.165) is 32.9 Å². The highest BCUT2D eigenvalue weighted by molar-refractivity contribution is 5.87. The second-order valence-corrected chi connectivity index (χ2v) is 6.03. The molecule has 0 bridgehead atoms. The van der Waals surface area contributed by atoms with E-state index in [4.69, 9.17) is 0 Å². The first kappa shape index (κ1) is 14.0. The van der Waals surface area contributed by atoms with Crippen LogP contribution in [-0.2, 0) is 20.5 Å². The summed E-state index contributed by atoms with van der Waals surface area (Å²) >= 11 is 0. The first-order chi connectivity index (χ1) is 11.0. The molecular weight excluding hydrogens is 294 g/mol. The third-order valence-corrected chi connectivity index (χ3v) is 4.45. The van der Waals surface area contributed by atoms with Gasteiger partial charge in [0.25, 0.3) is 0 Å². The number of aryl methyl sites for hydroxylation is 2. The molecule has 2 aromatic carbocycles. The fourth-order valence-electron chi connectivity index (χ4n) is 3.38. The molecule has 2 heterocycles. The van der Waals surface area contributed by atoms with Crippen molar-refractivity contribution in [2.24, 2.45) is 14.1 Å². The maximum Gasteiger partial charge on any atom is 0.123 e. The molecule has 116 valence electrons. The molecule has 2 nitrogen and oxygen atoms in total. The summed E-state index contributed by atoms with van der Waals surface area (Å²) in [6, 6.07) is 9.65. The summed E-state index contributed by atoms with van der Waals surface area (Å²) in [6.45, 7) is 0. The van der Waals surface area contributed by atoms with Crippen LogP contribution in [-0.4, -0.2) is 9.13 Å². The Labute approximate surface area is 132 Å². The van der Waals surface area contributed by atoms with E-state index in [9.17, 15) is 8.78 Å². The maximum absolute atomic E-state index is 13.6. The minimum absolute atomic E-state index is 0.242. The minimum atomic E-state index is -0.242. The van der Waals surface area contributed by atoms with Crippen LogP contribution in [0.2, 0.25) is 0 Å². The van der Waals surface area contributed by atoms with Crippen molar-refractivity contribution in [3.63, 3.8) is 0 Å². The van der Waals surface area contributed by atoms with Crippen LogP contribution in [0.1, 0.15) is 11.1 Å². The van der Waals surface area contributed by atoms with Crippen LogP contribution < -0.4 is 0 Å². The lowest BCUT2D eigenvalue weighted by molar-refractivity contribution is 0.629. The van der Waals surface area contributed by atoms with Crippen LogP contribution >= 0.6 is 0 Å². The lowest BCUT2D eigenvalue weighted by atomic mass is 10.0. The number of nitrogens with zero attached hydrogens (tertiary/aromatic N) is 2. The third-order valence-electron chi connectivity index (χ3n) is 4.45. The van der Waals surface area contributed by atoms with Crippen LogP contribution in [0, 0.1) is 11.6 Å². The highest BCUT2D eigenvalue weighted by atomic mass is 19.1. The Bertz CT molecular complexity index is 957. The Morgan fingerprint density at radius 1 is 0.739 bits per heavy atom. The van der Waals surface area contributed by atoms with E-state index in [1.807, 2.05) is 35.6 Å². The molecule has 0 saturated heterocycles. The topological polar surface area (TPSA) is 9.86 Å². The quantitative estimate of drug-likeness (QED) is 0.514. The van der Waals surface area contributed by atoms with Crippen molar-refractivity contribution < 1.29 is 8.78 Å². The molecule has 0 fully saturated rings. The molecular formula is C19H16F2N2. The average molecular weight is 310 g/mol. The van der Waals surface area contributed by atoms with Gasteiger partial charge >= 0.3 is 0 Å². The Hall–Kier alpha value is -2.62. The zero-order valence-corrected chi connectivity index (χ0v) is 13.0. The molecule has 0 aliphatic rings. The molecule has 0 radical (unpaired) electrons. The van der Waals surface area contributed by atoms with Crippen molar-refractivity contribution in [1.82, 2.24) is 9.13 Å². The van der Waals surface area contributed by atoms with Crippen molar-refractivity contribution in [3.8, 4) is 0 Å². The second kappa shape index (κ2) is 4.95. The zero-order chi connectivity index (χ0) is 16.1. The number of rotatable bonds is 2. The predicted octanol–water partition coefficient (Wildman–Crippen LogP) is 4.54. The molecule has 0 saturated carbocycles. The Balaban J connectivity index is 1.88. The summed E-state index contributed by atoms with van der Waals surface area (Å²) in [5.41, 5.74) is 4.07. The molecule has 23 heavy (non-hydrogen) atoms. The SMILES string of the molecule is Cn1cc(Cc2cn(C)c3ccc(F)cc23)c2cc(F)ccc21. The van der Waals surface area contributed by atoms with E-state index in [1.54, 1.807) is 24.3 Å². The van der Waals surface area contributed by atoms with Crippen LogP contribution in [0.25, 0.3) is 21.8 Å². The lowest BCUT2D eigenvalue weighted by Gasteiger charge is -2.00. The summed E-state index contributed by atoms with van der Waals surface area (Å²) in [5, 5.41) is 1.81. The largest absolute Gasteiger partial charge is 0.350 e. The molecule has 0 atom stereocenters. The number of hydrogen-bond donors (Lipinski definition) is 0. The molecule has 0 N–H and O–H groups in total. The third kappa shape index (κ3) is 2.22. The van der Waals surface area contributed by atoms with E-state index >= 15 is 0 Å². The van der Waals surface area contributed by atoms with Gasteiger partial charge in [-0.15, -0.1) is 0 Å². The summed E-state index contributed by atoms with van der Waals surface area (Å²) in [7, 11) is 3.90. The van der Waals surface area contributed by atoms with Crippen LogP contribution in [0.3, 0.4) is 0 Å². The fraction of sp³-hybridized carbons (Fsp3) is 0.158. The normalized spacial score (nSPS) is 11.7. The summed E-state index contributed by atoms with van der Waals surface area (Å²) in [6.07, 6.45) is 4.67. The Morgan fingerprint density at radius 2 is 1.17 bits per heavy atom. The van der Waals surface area contributed by atoms with Crippen molar-refractivity contribution in [1.29, 1.82) is 0 Å². The maximum atomic E-state index is 13.6. The van der Waals surface area contributed by atoms with Gasteiger partial charge in [0.2, 0.25) is 0 Å². The van der Waals surface area contributed by atoms with Gasteiger partial charge in [-0.05, 0) is 47.5 Å². The number of benzene rings is 2. The average Bonchev–Trinajstić information content (AvgIpc) is 2.97. The van der Waals surface area contributed by atoms with Gasteiger partial charge in [0, 0.05) is 54.7 Å². The molecule has 0 aliphatic heterocycles. The molecule has 0 unspecified atom stereocenters. The highest BCUT2D eigenvalue weighted by Gasteiger charge is 2.12. The monoisotopic (exact) mass is 310 g/mol. The molecule has 2 aromatic heterocycles. The second-order valence-electron chi connectivity index (χ2n) is 6.03. The Morgan fingerprint density at radius 3 is 1.61 bits per heavy atom.